The van der Waals surface area contributed by atoms with Crippen molar-refractivity contribution in [2.75, 3.05) is 12.3 Å². The second-order valence-corrected chi connectivity index (χ2v) is 11.1. The molecule has 3 rings (SSSR count). The van der Waals surface area contributed by atoms with Crippen molar-refractivity contribution in [2.24, 2.45) is 7.05 Å². The first-order valence-electron chi connectivity index (χ1n) is 8.51. The molecule has 3 heterocycles. The first-order chi connectivity index (χ1) is 15.0. The lowest BCUT2D eigenvalue weighted by Gasteiger charge is -2.39. The average molecular weight is 528 g/mol. The molecule has 6 atom stereocenters. The molecule has 1 unspecified atom stereocenters. The fraction of sp³-hybridized carbons (Fsp3) is 0.545. The number of aryl methyl sites for hydroxylation is 1. The van der Waals surface area contributed by atoms with E-state index in [1.54, 1.807) is 0 Å². The van der Waals surface area contributed by atoms with Crippen LogP contribution in [-0.2, 0) is 38.6 Å². The van der Waals surface area contributed by atoms with E-state index < -0.39 is 60.1 Å². The van der Waals surface area contributed by atoms with E-state index in [0.717, 1.165) is 4.57 Å². The Morgan fingerprint density at radius 1 is 1.24 bits per heavy atom. The number of aliphatic hydroxyl groups excluding tert-OH is 2. The highest BCUT2D eigenvalue weighted by molar-refractivity contribution is 7.83. The number of ether oxygens (including phenoxy) is 1. The van der Waals surface area contributed by atoms with Crippen LogP contribution >= 0.6 is 23.1 Å². The number of phosphoric acid groups is 2. The molecule has 0 spiro atoms. The molecule has 2 aromatic rings. The van der Waals surface area contributed by atoms with Gasteiger partial charge < -0.3 is 61.7 Å². The van der Waals surface area contributed by atoms with Crippen LogP contribution in [0.15, 0.2) is 6.33 Å². The molecule has 0 saturated carbocycles. The Morgan fingerprint density at radius 2 is 1.88 bits per heavy atom. The summed E-state index contributed by atoms with van der Waals surface area (Å²) in [7, 11) is -10.7. The number of hydrogen-bond acceptors (Lipinski definition) is 16. The van der Waals surface area contributed by atoms with Crippen molar-refractivity contribution in [1.82, 2.24) is 14.5 Å². The van der Waals surface area contributed by atoms with Gasteiger partial charge in [0.25, 0.3) is 13.8 Å². The molecule has 183 valence electrons. The van der Waals surface area contributed by atoms with E-state index in [2.05, 4.69) is 23.1 Å². The van der Waals surface area contributed by atoms with Crippen LogP contribution in [0.3, 0.4) is 0 Å². The molecule has 1 aliphatic heterocycles. The maximum Gasteiger partial charge on any atom is 0.309 e. The minimum absolute atomic E-state index is 0.00529. The molecule has 1 saturated heterocycles. The van der Waals surface area contributed by atoms with Gasteiger partial charge in [0.1, 0.15) is 18.3 Å². The van der Waals surface area contributed by atoms with Crippen LogP contribution in [0.25, 0.3) is 11.2 Å². The van der Waals surface area contributed by atoms with Crippen molar-refractivity contribution in [3.8, 4) is 5.88 Å². The molecule has 1 fully saturated rings. The third-order valence-corrected chi connectivity index (χ3v) is 8.01. The Balaban J connectivity index is 1.75. The van der Waals surface area contributed by atoms with Gasteiger partial charge in [0.2, 0.25) is 6.23 Å². The van der Waals surface area contributed by atoms with Gasteiger partial charge in [-0.05, 0) is 0 Å². The first kappa shape index (κ1) is 26.2. The van der Waals surface area contributed by atoms with Gasteiger partial charge in [0.15, 0.2) is 11.8 Å². The minimum atomic E-state index is -6.08. The number of hydrogen-bond donors (Lipinski definition) is 3. The predicted molar refractivity (Wildman–Crippen MR) is 95.2 cm³/mol. The summed E-state index contributed by atoms with van der Waals surface area (Å²) in [5.41, 5.74) is 5.43. The van der Waals surface area contributed by atoms with Crippen LogP contribution in [0.5, 0.6) is 5.88 Å². The van der Waals surface area contributed by atoms with Gasteiger partial charge in [-0.3, -0.25) is 17.8 Å². The number of nitrogens with zero attached hydrogens (tertiary/aromatic N) is 4. The van der Waals surface area contributed by atoms with E-state index >= 15 is 0 Å². The number of aromatic nitrogens is 4. The van der Waals surface area contributed by atoms with E-state index in [1.165, 1.54) is 17.9 Å². The topological polar surface area (TPSA) is 281 Å². The molecule has 2 aromatic heterocycles. The number of nitrogens with two attached hydrogens (primary N) is 1. The maximum absolute atomic E-state index is 12.1. The predicted octanol–water partition coefficient (Wildman–Crippen LogP) is -4.85. The highest BCUT2D eigenvalue weighted by Gasteiger charge is 2.47. The number of nitrogen functional groups attached to an aromatic ring is 1. The van der Waals surface area contributed by atoms with Crippen LogP contribution < -0.4 is 30.1 Å². The molecule has 3 radical (unpaired) electrons. The highest BCUT2D eigenvalue weighted by atomic mass is 31.3. The lowest BCUT2D eigenvalue weighted by molar-refractivity contribution is -0.745. The quantitative estimate of drug-likeness (QED) is 0.164. The fourth-order valence-electron chi connectivity index (χ4n) is 2.99. The third-order valence-electron chi connectivity index (χ3n) is 4.19. The molecular weight excluding hydrogens is 514 g/mol. The number of aliphatic hydroxyl groups is 2. The fourth-order valence-corrected chi connectivity index (χ4v) is 6.01. The van der Waals surface area contributed by atoms with Crippen molar-refractivity contribution in [3.05, 3.63) is 6.33 Å². The lowest BCUT2D eigenvalue weighted by Crippen LogP contribution is -2.46. The van der Waals surface area contributed by atoms with Gasteiger partial charge in [-0.25, -0.2) is 9.55 Å². The summed E-state index contributed by atoms with van der Waals surface area (Å²) in [4.78, 5) is 39.5. The molecule has 22 heteroatoms. The molecule has 4 N–H and O–H groups in total. The average Bonchev–Trinajstić information content (AvgIpc) is 3.07. The summed E-state index contributed by atoms with van der Waals surface area (Å²) in [5, 5.41) is 32.7. The molecule has 18 nitrogen and oxygen atoms in total. The Kier molecular flexibility index (Phi) is 7.10. The maximum atomic E-state index is 12.1. The number of fused-ring (bicyclic) bond motifs is 1. The van der Waals surface area contributed by atoms with Crippen molar-refractivity contribution >= 4 is 47.8 Å². The first-order valence-corrected chi connectivity index (χ1v) is 13.0. The standard InChI is InChI=1S/C11H17BN5O13P3/c1-16-3-17(8-5(16)9(20)15-11(13)14-8)10-7(19)6(18)4(28-10)2-27-31(12,21)29-33(25,26)30-32(22,23)24/h3-4,6-7,10,18-19H,2H2,1H3,(H5-,13,14,15,20,22,23,24,25,26)/q-1/p-3/t4-,6-,7-,10-,31-/m1/s1. The summed E-state index contributed by atoms with van der Waals surface area (Å²) >= 11 is 0. The number of anilines is 1. The Hall–Kier alpha value is -1.46. The second kappa shape index (κ2) is 8.96. The van der Waals surface area contributed by atoms with Crippen molar-refractivity contribution in [1.29, 1.82) is 0 Å². The monoisotopic (exact) mass is 528 g/mol. The number of rotatable bonds is 8. The van der Waals surface area contributed by atoms with Crippen molar-refractivity contribution in [3.63, 3.8) is 0 Å². The molecule has 0 bridgehead atoms. The smallest absolute Gasteiger partial charge is 0.309 e. The van der Waals surface area contributed by atoms with Gasteiger partial charge in [0, 0.05) is 5.88 Å². The summed E-state index contributed by atoms with van der Waals surface area (Å²) < 4.78 is 53.0. The van der Waals surface area contributed by atoms with Gasteiger partial charge in [-0.2, -0.15) is 0 Å². The van der Waals surface area contributed by atoms with Gasteiger partial charge in [0.05, 0.1) is 29.0 Å². The summed E-state index contributed by atoms with van der Waals surface area (Å²) in [5.74, 6) is -1.09. The van der Waals surface area contributed by atoms with Crippen molar-refractivity contribution < 1.29 is 66.1 Å². The van der Waals surface area contributed by atoms with Crippen LogP contribution in [0.4, 0.5) is 5.95 Å². The molecule has 1 aliphatic rings. The molecule has 0 aliphatic carbocycles. The highest BCUT2D eigenvalue weighted by Crippen LogP contribution is 2.62. The zero-order valence-electron chi connectivity index (χ0n) is 16.3. The zero-order chi connectivity index (χ0) is 24.9. The van der Waals surface area contributed by atoms with E-state index in [4.69, 9.17) is 18.0 Å². The Morgan fingerprint density at radius 3 is 2.48 bits per heavy atom. The normalized spacial score (nSPS) is 27.5. The summed E-state index contributed by atoms with van der Waals surface area (Å²) in [6.45, 7) is -0.940. The van der Waals surface area contributed by atoms with Gasteiger partial charge in [-0.1, -0.05) is 4.98 Å². The van der Waals surface area contributed by atoms with E-state index in [9.17, 15) is 43.7 Å². The van der Waals surface area contributed by atoms with Gasteiger partial charge >= 0.3 is 5.65 Å². The molecule has 33 heavy (non-hydrogen) atoms. The SMILES string of the molecule is [B-][P@@](=O)(OC[C@H]1O[C@@H]([n+]2cn(C)c3c([O-])nc(N)nc32)[C@H](O)[C@@H]1O)OP(=O)([O-])OP(=O)([O-])[O-]. The van der Waals surface area contributed by atoms with Crippen molar-refractivity contribution in [2.45, 2.75) is 24.5 Å². The number of imidazole rings is 1. The second-order valence-electron chi connectivity index (χ2n) is 6.63. The van der Waals surface area contributed by atoms with E-state index in [0.29, 0.717) is 0 Å². The summed E-state index contributed by atoms with van der Waals surface area (Å²) in [6, 6.07) is 0. The van der Waals surface area contributed by atoms with Gasteiger partial charge in [-0.15, -0.1) is 0 Å². The lowest BCUT2D eigenvalue weighted by atomic mass is 10.1. The largest absolute Gasteiger partial charge is 0.856 e. The van der Waals surface area contributed by atoms with Crippen LogP contribution in [-0.4, -0.2) is 57.2 Å². The molecule has 0 aromatic carbocycles. The Labute approximate surface area is 185 Å². The van der Waals surface area contributed by atoms with E-state index in [1.807, 2.05) is 0 Å². The van der Waals surface area contributed by atoms with Crippen LogP contribution in [0.1, 0.15) is 6.23 Å². The summed E-state index contributed by atoms with van der Waals surface area (Å²) in [6.07, 6.45) is -4.97. The van der Waals surface area contributed by atoms with Crippen LogP contribution in [0.2, 0.25) is 0 Å². The molecular formula is C11H14BN5O13P3-4. The third kappa shape index (κ3) is 5.97. The minimum Gasteiger partial charge on any atom is -0.856 e. The Bertz CT molecular complexity index is 1200. The van der Waals surface area contributed by atoms with E-state index in [-0.39, 0.29) is 17.1 Å². The van der Waals surface area contributed by atoms with Crippen LogP contribution in [0, 0.1) is 0 Å². The zero-order valence-corrected chi connectivity index (χ0v) is 18.9. The molecule has 0 amide bonds.